The van der Waals surface area contributed by atoms with Crippen LogP contribution in [0.15, 0.2) is 22.3 Å². The highest BCUT2D eigenvalue weighted by molar-refractivity contribution is 5.86. The van der Waals surface area contributed by atoms with E-state index in [1.54, 1.807) is 0 Å². The van der Waals surface area contributed by atoms with Gasteiger partial charge in [0.15, 0.2) is 5.69 Å². The number of likely N-dealkylation sites (tertiary alicyclic amines) is 1. The Kier molecular flexibility index (Phi) is 4.31. The fraction of sp³-hybridized carbons (Fsp3) is 0.625. The van der Waals surface area contributed by atoms with Gasteiger partial charge < -0.3 is 13.9 Å². The summed E-state index contributed by atoms with van der Waals surface area (Å²) >= 11 is 0. The van der Waals surface area contributed by atoms with Crippen LogP contribution in [0.5, 0.6) is 0 Å². The molecule has 2 aliphatic heterocycles. The van der Waals surface area contributed by atoms with Gasteiger partial charge >= 0.3 is 5.97 Å². The van der Waals surface area contributed by atoms with Crippen LogP contribution in [0.1, 0.15) is 42.6 Å². The maximum Gasteiger partial charge on any atom is 0.360 e. The molecule has 0 bridgehead atoms. The van der Waals surface area contributed by atoms with E-state index in [0.717, 1.165) is 39.0 Å². The molecule has 1 spiro atoms. The lowest BCUT2D eigenvalue weighted by molar-refractivity contribution is -0.0585. The normalized spacial score (nSPS) is 21.6. The molecule has 22 heavy (non-hydrogen) atoms. The number of carbonyl (C=O) groups is 1. The number of esters is 1. The predicted molar refractivity (Wildman–Crippen MR) is 79.4 cm³/mol. The van der Waals surface area contributed by atoms with Crippen LogP contribution in [0.2, 0.25) is 0 Å². The van der Waals surface area contributed by atoms with Crippen molar-refractivity contribution in [2.75, 3.05) is 26.8 Å². The van der Waals surface area contributed by atoms with Gasteiger partial charge in [0.2, 0.25) is 5.89 Å². The first-order valence-corrected chi connectivity index (χ1v) is 7.68. The fourth-order valence-corrected chi connectivity index (χ4v) is 3.13. The van der Waals surface area contributed by atoms with Gasteiger partial charge in [-0.2, -0.15) is 0 Å². The van der Waals surface area contributed by atoms with Crippen LogP contribution in [0.3, 0.4) is 0 Å². The monoisotopic (exact) mass is 306 g/mol. The van der Waals surface area contributed by atoms with Crippen LogP contribution in [-0.4, -0.2) is 48.3 Å². The lowest BCUT2D eigenvalue weighted by Crippen LogP contribution is -2.46. The number of oxazole rings is 1. The second-order valence-electron chi connectivity index (χ2n) is 6.05. The number of piperidine rings is 1. The van der Waals surface area contributed by atoms with Gasteiger partial charge in [0, 0.05) is 13.1 Å². The summed E-state index contributed by atoms with van der Waals surface area (Å²) in [5, 5.41) is 0. The minimum absolute atomic E-state index is 0.0768. The third-order valence-corrected chi connectivity index (χ3v) is 4.40. The first kappa shape index (κ1) is 15.2. The molecule has 0 saturated carbocycles. The van der Waals surface area contributed by atoms with Gasteiger partial charge in [-0.1, -0.05) is 11.6 Å². The van der Waals surface area contributed by atoms with Gasteiger partial charge in [0.25, 0.3) is 0 Å². The van der Waals surface area contributed by atoms with Crippen molar-refractivity contribution in [1.29, 1.82) is 0 Å². The number of hydrogen-bond acceptors (Lipinski definition) is 6. The van der Waals surface area contributed by atoms with Gasteiger partial charge in [-0.15, -0.1) is 0 Å². The number of rotatable bonds is 3. The molecule has 6 heteroatoms. The maximum absolute atomic E-state index is 11.4. The molecule has 0 atom stereocenters. The van der Waals surface area contributed by atoms with Crippen molar-refractivity contribution in [2.24, 2.45) is 0 Å². The summed E-state index contributed by atoms with van der Waals surface area (Å²) in [6, 6.07) is 0. The molecule has 3 heterocycles. The number of nitrogens with zero attached hydrogens (tertiary/aromatic N) is 2. The second-order valence-corrected chi connectivity index (χ2v) is 6.05. The van der Waals surface area contributed by atoms with Crippen LogP contribution in [0, 0.1) is 0 Å². The number of ether oxygens (including phenoxy) is 2. The molecule has 2 aliphatic rings. The molecule has 1 fully saturated rings. The fourth-order valence-electron chi connectivity index (χ4n) is 3.13. The average Bonchev–Trinajstić information content (AvgIpc) is 2.97. The Labute approximate surface area is 130 Å². The second kappa shape index (κ2) is 6.22. The summed E-state index contributed by atoms with van der Waals surface area (Å²) in [7, 11) is 1.33. The Morgan fingerprint density at radius 3 is 2.91 bits per heavy atom. The standard InChI is InChI=1S/C16H22N2O4/c1-12-3-8-22-16(9-12)4-6-18(7-5-16)10-14-17-13(11-21-14)15(19)20-2/h9,11H,3-8,10H2,1-2H3. The van der Waals surface area contributed by atoms with E-state index < -0.39 is 5.97 Å². The Morgan fingerprint density at radius 1 is 1.45 bits per heavy atom. The first-order valence-electron chi connectivity index (χ1n) is 7.68. The van der Waals surface area contributed by atoms with E-state index in [9.17, 15) is 4.79 Å². The molecule has 6 nitrogen and oxygen atoms in total. The first-order chi connectivity index (χ1) is 10.6. The van der Waals surface area contributed by atoms with E-state index in [1.165, 1.54) is 18.9 Å². The topological polar surface area (TPSA) is 64.8 Å². The van der Waals surface area contributed by atoms with E-state index in [1.807, 2.05) is 0 Å². The molecule has 1 aromatic rings. The quantitative estimate of drug-likeness (QED) is 0.630. The molecule has 0 N–H and O–H groups in total. The number of carbonyl (C=O) groups excluding carboxylic acids is 1. The van der Waals surface area contributed by atoms with Gasteiger partial charge in [-0.3, -0.25) is 4.90 Å². The van der Waals surface area contributed by atoms with Crippen LogP contribution in [-0.2, 0) is 16.0 Å². The lowest BCUT2D eigenvalue weighted by Gasteiger charge is -2.41. The smallest absolute Gasteiger partial charge is 0.360 e. The van der Waals surface area contributed by atoms with Crippen LogP contribution >= 0.6 is 0 Å². The number of methoxy groups -OCH3 is 1. The van der Waals surface area contributed by atoms with Gasteiger partial charge in [-0.25, -0.2) is 9.78 Å². The van der Waals surface area contributed by atoms with E-state index in [4.69, 9.17) is 9.15 Å². The molecule has 120 valence electrons. The highest BCUT2D eigenvalue weighted by atomic mass is 16.5. The molecule has 0 aromatic carbocycles. The minimum atomic E-state index is -0.469. The summed E-state index contributed by atoms with van der Waals surface area (Å²) in [5.41, 5.74) is 1.57. The molecule has 0 unspecified atom stereocenters. The largest absolute Gasteiger partial charge is 0.464 e. The molecule has 1 aromatic heterocycles. The van der Waals surface area contributed by atoms with E-state index in [2.05, 4.69) is 27.6 Å². The predicted octanol–water partition coefficient (Wildman–Crippen LogP) is 2.16. The van der Waals surface area contributed by atoms with Gasteiger partial charge in [0.1, 0.15) is 6.26 Å². The Morgan fingerprint density at radius 2 is 2.23 bits per heavy atom. The third-order valence-electron chi connectivity index (χ3n) is 4.40. The van der Waals surface area contributed by atoms with Crippen molar-refractivity contribution in [3.8, 4) is 0 Å². The Balaban J connectivity index is 1.57. The van der Waals surface area contributed by atoms with E-state index in [-0.39, 0.29) is 11.3 Å². The number of aromatic nitrogens is 1. The minimum Gasteiger partial charge on any atom is -0.464 e. The van der Waals surface area contributed by atoms with Gasteiger partial charge in [-0.05, 0) is 26.2 Å². The van der Waals surface area contributed by atoms with E-state index >= 15 is 0 Å². The molecule has 0 aliphatic carbocycles. The van der Waals surface area contributed by atoms with Crippen LogP contribution in [0.4, 0.5) is 0 Å². The van der Waals surface area contributed by atoms with Crippen LogP contribution < -0.4 is 0 Å². The third kappa shape index (κ3) is 3.23. The highest BCUT2D eigenvalue weighted by Gasteiger charge is 2.35. The number of hydrogen-bond donors (Lipinski definition) is 0. The summed E-state index contributed by atoms with van der Waals surface area (Å²) in [5.74, 6) is 0.0800. The van der Waals surface area contributed by atoms with Gasteiger partial charge in [0.05, 0.1) is 25.9 Å². The Bertz CT molecular complexity index is 570. The SMILES string of the molecule is COC(=O)c1coc(CN2CCC3(C=C(C)CCO3)CC2)n1. The molecule has 0 radical (unpaired) electrons. The van der Waals surface area contributed by atoms with Crippen molar-refractivity contribution in [2.45, 2.75) is 38.3 Å². The zero-order valence-corrected chi connectivity index (χ0v) is 13.1. The molecule has 0 amide bonds. The van der Waals surface area contributed by atoms with Crippen molar-refractivity contribution < 1.29 is 18.7 Å². The van der Waals surface area contributed by atoms with Crippen LogP contribution in [0.25, 0.3) is 0 Å². The zero-order chi connectivity index (χ0) is 15.6. The molecule has 1 saturated heterocycles. The Hall–Kier alpha value is -1.66. The highest BCUT2D eigenvalue weighted by Crippen LogP contribution is 2.33. The zero-order valence-electron chi connectivity index (χ0n) is 13.1. The molecular formula is C16H22N2O4. The van der Waals surface area contributed by atoms with E-state index in [0.29, 0.717) is 12.4 Å². The summed E-state index contributed by atoms with van der Waals surface area (Å²) in [6.07, 6.45) is 6.65. The van der Waals surface area contributed by atoms with Crippen molar-refractivity contribution in [1.82, 2.24) is 9.88 Å². The summed E-state index contributed by atoms with van der Waals surface area (Å²) in [6.45, 7) is 5.47. The average molecular weight is 306 g/mol. The summed E-state index contributed by atoms with van der Waals surface area (Å²) in [4.78, 5) is 17.8. The lowest BCUT2D eigenvalue weighted by atomic mass is 9.87. The molecular weight excluding hydrogens is 284 g/mol. The maximum atomic E-state index is 11.4. The van der Waals surface area contributed by atoms with Crippen molar-refractivity contribution in [3.63, 3.8) is 0 Å². The molecule has 3 rings (SSSR count). The van der Waals surface area contributed by atoms with Crippen molar-refractivity contribution >= 4 is 5.97 Å². The summed E-state index contributed by atoms with van der Waals surface area (Å²) < 4.78 is 16.0. The van der Waals surface area contributed by atoms with Crippen molar-refractivity contribution in [3.05, 3.63) is 29.5 Å².